The molecule has 1 unspecified atom stereocenters. The second-order valence-corrected chi connectivity index (χ2v) is 13.0. The first kappa shape index (κ1) is 32.5. The summed E-state index contributed by atoms with van der Waals surface area (Å²) in [6.07, 6.45) is 1.02. The topological polar surface area (TPSA) is 86.8 Å². The first-order chi connectivity index (χ1) is 21.1. The van der Waals surface area contributed by atoms with Crippen LogP contribution in [-0.4, -0.2) is 44.3 Å². The third-order valence-electron chi connectivity index (χ3n) is 7.57. The van der Waals surface area contributed by atoms with Crippen molar-refractivity contribution in [2.75, 3.05) is 17.4 Å². The van der Waals surface area contributed by atoms with Gasteiger partial charge in [0, 0.05) is 19.5 Å². The average molecular weight is 612 g/mol. The average Bonchev–Trinajstić information content (AvgIpc) is 3.02. The normalized spacial score (nSPS) is 11.9. The van der Waals surface area contributed by atoms with Gasteiger partial charge in [0.1, 0.15) is 12.6 Å². The minimum atomic E-state index is -4.13. The Kier molecular flexibility index (Phi) is 11.0. The predicted octanol–water partition coefficient (Wildman–Crippen LogP) is 5.97. The van der Waals surface area contributed by atoms with Gasteiger partial charge in [0.15, 0.2) is 0 Å². The Balaban J connectivity index is 1.80. The Morgan fingerprint density at radius 3 is 1.95 bits per heavy atom. The smallest absolute Gasteiger partial charge is 0.264 e. The molecule has 8 heteroatoms. The van der Waals surface area contributed by atoms with E-state index >= 15 is 0 Å². The number of nitrogens with one attached hydrogen (secondary N) is 1. The van der Waals surface area contributed by atoms with Crippen LogP contribution >= 0.6 is 0 Å². The Hall–Kier alpha value is -4.43. The summed E-state index contributed by atoms with van der Waals surface area (Å²) in [7, 11) is -4.13. The van der Waals surface area contributed by atoms with Crippen molar-refractivity contribution in [1.82, 2.24) is 10.2 Å². The second-order valence-electron chi connectivity index (χ2n) is 11.1. The van der Waals surface area contributed by atoms with Gasteiger partial charge in [0.25, 0.3) is 10.0 Å². The fourth-order valence-electron chi connectivity index (χ4n) is 5.00. The number of anilines is 1. The molecule has 4 aromatic carbocycles. The van der Waals surface area contributed by atoms with E-state index in [1.165, 1.54) is 9.21 Å². The van der Waals surface area contributed by atoms with E-state index in [1.54, 1.807) is 36.4 Å². The quantitative estimate of drug-likeness (QED) is 0.202. The first-order valence-corrected chi connectivity index (χ1v) is 16.4. The maximum atomic E-state index is 14.5. The van der Waals surface area contributed by atoms with E-state index in [4.69, 9.17) is 0 Å². The number of amides is 2. The number of carbonyl (C=O) groups is 2. The fourth-order valence-corrected chi connectivity index (χ4v) is 6.48. The van der Waals surface area contributed by atoms with Gasteiger partial charge in [0.2, 0.25) is 11.8 Å². The minimum Gasteiger partial charge on any atom is -0.354 e. The fraction of sp³-hybridized carbons (Fsp3) is 0.278. The highest BCUT2D eigenvalue weighted by Gasteiger charge is 2.35. The maximum Gasteiger partial charge on any atom is 0.264 e. The maximum absolute atomic E-state index is 14.5. The molecule has 0 saturated carbocycles. The third-order valence-corrected chi connectivity index (χ3v) is 9.34. The van der Waals surface area contributed by atoms with Crippen molar-refractivity contribution >= 4 is 27.5 Å². The summed E-state index contributed by atoms with van der Waals surface area (Å²) in [6.45, 7) is 7.79. The number of rotatable bonds is 13. The van der Waals surface area contributed by atoms with Crippen LogP contribution in [0.15, 0.2) is 108 Å². The molecule has 0 aliphatic heterocycles. The van der Waals surface area contributed by atoms with Gasteiger partial charge in [-0.1, -0.05) is 103 Å². The second kappa shape index (κ2) is 14.8. The van der Waals surface area contributed by atoms with E-state index in [0.29, 0.717) is 17.8 Å². The largest absolute Gasteiger partial charge is 0.354 e. The van der Waals surface area contributed by atoms with Gasteiger partial charge in [-0.15, -0.1) is 0 Å². The van der Waals surface area contributed by atoms with Crippen LogP contribution in [0.4, 0.5) is 5.69 Å². The molecule has 0 spiro atoms. The Morgan fingerprint density at radius 2 is 1.34 bits per heavy atom. The van der Waals surface area contributed by atoms with Crippen molar-refractivity contribution in [2.45, 2.75) is 58.0 Å². The molecule has 0 aliphatic rings. The summed E-state index contributed by atoms with van der Waals surface area (Å²) in [6, 6.07) is 30.2. The van der Waals surface area contributed by atoms with Crippen LogP contribution in [0.2, 0.25) is 0 Å². The van der Waals surface area contributed by atoms with E-state index in [-0.39, 0.29) is 23.8 Å². The molecule has 2 amide bonds. The predicted molar refractivity (Wildman–Crippen MR) is 176 cm³/mol. The van der Waals surface area contributed by atoms with Crippen LogP contribution in [0, 0.1) is 20.8 Å². The molecule has 0 fully saturated rings. The molecular weight excluding hydrogens is 570 g/mol. The van der Waals surface area contributed by atoms with Gasteiger partial charge >= 0.3 is 0 Å². The van der Waals surface area contributed by atoms with Crippen LogP contribution in [0.5, 0.6) is 0 Å². The number of para-hydroxylation sites is 1. The van der Waals surface area contributed by atoms with Crippen LogP contribution in [0.3, 0.4) is 0 Å². The Morgan fingerprint density at radius 1 is 0.750 bits per heavy atom. The van der Waals surface area contributed by atoms with Crippen molar-refractivity contribution in [3.05, 3.63) is 131 Å². The number of hydrogen-bond acceptors (Lipinski definition) is 4. The molecular formula is C36H41N3O4S. The van der Waals surface area contributed by atoms with Crippen molar-refractivity contribution in [3.63, 3.8) is 0 Å². The van der Waals surface area contributed by atoms with Crippen molar-refractivity contribution in [3.8, 4) is 0 Å². The van der Waals surface area contributed by atoms with Crippen molar-refractivity contribution in [1.29, 1.82) is 0 Å². The summed E-state index contributed by atoms with van der Waals surface area (Å²) in [4.78, 5) is 29.8. The van der Waals surface area contributed by atoms with Gasteiger partial charge in [0.05, 0.1) is 10.6 Å². The number of benzene rings is 4. The molecule has 0 radical (unpaired) electrons. The zero-order chi connectivity index (χ0) is 31.7. The monoisotopic (exact) mass is 611 g/mol. The van der Waals surface area contributed by atoms with Gasteiger partial charge in [-0.3, -0.25) is 13.9 Å². The third kappa shape index (κ3) is 8.14. The summed E-state index contributed by atoms with van der Waals surface area (Å²) < 4.78 is 29.5. The number of nitrogens with zero attached hydrogens (tertiary/aromatic N) is 2. The highest BCUT2D eigenvalue weighted by atomic mass is 32.2. The minimum absolute atomic E-state index is 0.0887. The molecule has 0 aliphatic carbocycles. The molecule has 0 aromatic heterocycles. The standard InChI is InChI=1S/C36H41N3O4S/c1-5-23-37-36(41)34(24-30-12-7-6-8-13-30)38(25-31-19-15-27(2)16-20-31)35(40)26-39(33-14-10-9-11-29(33)4)44(42,43)32-21-17-28(3)18-22-32/h6-22,34H,5,23-26H2,1-4H3,(H,37,41). The first-order valence-electron chi connectivity index (χ1n) is 14.9. The molecule has 0 bridgehead atoms. The van der Waals surface area contributed by atoms with Crippen LogP contribution in [0.25, 0.3) is 0 Å². The van der Waals surface area contributed by atoms with Crippen molar-refractivity contribution < 1.29 is 18.0 Å². The lowest BCUT2D eigenvalue weighted by molar-refractivity contribution is -0.140. The molecule has 230 valence electrons. The zero-order valence-electron chi connectivity index (χ0n) is 25.9. The van der Waals surface area contributed by atoms with E-state index in [1.807, 2.05) is 94.4 Å². The molecule has 44 heavy (non-hydrogen) atoms. The van der Waals surface area contributed by atoms with Crippen LogP contribution in [-0.2, 0) is 32.6 Å². The van der Waals surface area contributed by atoms with Gasteiger partial charge in [-0.25, -0.2) is 8.42 Å². The SMILES string of the molecule is CCCNC(=O)C(Cc1ccccc1)N(Cc1ccc(C)cc1)C(=O)CN(c1ccccc1C)S(=O)(=O)c1ccc(C)cc1. The molecule has 4 aromatic rings. The number of carbonyl (C=O) groups excluding carboxylic acids is 2. The van der Waals surface area contributed by atoms with E-state index in [2.05, 4.69) is 5.32 Å². The van der Waals surface area contributed by atoms with Gasteiger partial charge in [-0.2, -0.15) is 0 Å². The molecule has 1 atom stereocenters. The van der Waals surface area contributed by atoms with Gasteiger partial charge in [-0.05, 0) is 62.1 Å². The lowest BCUT2D eigenvalue weighted by Crippen LogP contribution is -2.53. The molecule has 7 nitrogen and oxygen atoms in total. The molecule has 0 saturated heterocycles. The van der Waals surface area contributed by atoms with E-state index < -0.39 is 28.5 Å². The summed E-state index contributed by atoms with van der Waals surface area (Å²) in [5.74, 6) is -0.753. The highest BCUT2D eigenvalue weighted by molar-refractivity contribution is 7.92. The molecule has 0 heterocycles. The van der Waals surface area contributed by atoms with Crippen molar-refractivity contribution in [2.24, 2.45) is 0 Å². The van der Waals surface area contributed by atoms with Gasteiger partial charge < -0.3 is 10.2 Å². The molecule has 1 N–H and O–H groups in total. The number of sulfonamides is 1. The van der Waals surface area contributed by atoms with E-state index in [9.17, 15) is 18.0 Å². The number of aryl methyl sites for hydroxylation is 3. The highest BCUT2D eigenvalue weighted by Crippen LogP contribution is 2.28. The Bertz CT molecular complexity index is 1650. The lowest BCUT2D eigenvalue weighted by Gasteiger charge is -2.34. The number of hydrogen-bond donors (Lipinski definition) is 1. The summed E-state index contributed by atoms with van der Waals surface area (Å²) >= 11 is 0. The molecule has 4 rings (SSSR count). The summed E-state index contributed by atoms with van der Waals surface area (Å²) in [5, 5.41) is 2.97. The zero-order valence-corrected chi connectivity index (χ0v) is 26.7. The summed E-state index contributed by atoms with van der Waals surface area (Å²) in [5.41, 5.74) is 4.86. The Labute approximate surface area is 261 Å². The van der Waals surface area contributed by atoms with Crippen LogP contribution in [0.1, 0.15) is 41.2 Å². The van der Waals surface area contributed by atoms with E-state index in [0.717, 1.165) is 28.7 Å². The van der Waals surface area contributed by atoms with Crippen LogP contribution < -0.4 is 9.62 Å². The lowest BCUT2D eigenvalue weighted by atomic mass is 10.0.